The highest BCUT2D eigenvalue weighted by Crippen LogP contribution is 2.18. The average molecular weight is 346 g/mol. The lowest BCUT2D eigenvalue weighted by atomic mass is 10.1. The van der Waals surface area contributed by atoms with Gasteiger partial charge in [0.1, 0.15) is 17.7 Å². The van der Waals surface area contributed by atoms with E-state index < -0.39 is 12.1 Å². The molecule has 2 aromatic rings. The van der Waals surface area contributed by atoms with E-state index in [0.29, 0.717) is 13.1 Å². The summed E-state index contributed by atoms with van der Waals surface area (Å²) in [5.41, 5.74) is 7.57. The van der Waals surface area contributed by atoms with E-state index in [1.807, 2.05) is 29.6 Å². The van der Waals surface area contributed by atoms with Crippen molar-refractivity contribution in [3.05, 3.63) is 52.0 Å². The van der Waals surface area contributed by atoms with Gasteiger partial charge in [0.05, 0.1) is 6.54 Å². The van der Waals surface area contributed by atoms with Gasteiger partial charge >= 0.3 is 6.09 Å². The molecule has 7 nitrogen and oxygen atoms in total. The number of cyclic esters (lactones) is 1. The van der Waals surface area contributed by atoms with Crippen LogP contribution in [-0.4, -0.2) is 34.5 Å². The standard InChI is InChI=1S/C16H18N4O3S/c17-7-11-1-3-12(4-2-11)8-19-15(21)13-10-23-16(22)20(13)9-14-18-5-6-24-14/h1-6,13H,7-10,17H2,(H,19,21)/t13-/m0/s1. The Kier molecular flexibility index (Phi) is 5.07. The second-order valence-corrected chi connectivity index (χ2v) is 6.36. The molecule has 0 aliphatic carbocycles. The summed E-state index contributed by atoms with van der Waals surface area (Å²) in [5.74, 6) is -0.236. The Hall–Kier alpha value is -2.45. The Morgan fingerprint density at radius 2 is 2.12 bits per heavy atom. The van der Waals surface area contributed by atoms with Crippen LogP contribution >= 0.6 is 11.3 Å². The molecule has 126 valence electrons. The van der Waals surface area contributed by atoms with Crippen LogP contribution < -0.4 is 11.1 Å². The summed E-state index contributed by atoms with van der Waals surface area (Å²) >= 11 is 1.44. The van der Waals surface area contributed by atoms with Crippen molar-refractivity contribution in [1.82, 2.24) is 15.2 Å². The molecule has 1 aromatic carbocycles. The smallest absolute Gasteiger partial charge is 0.411 e. The fourth-order valence-corrected chi connectivity index (χ4v) is 3.03. The van der Waals surface area contributed by atoms with Crippen molar-refractivity contribution < 1.29 is 14.3 Å². The molecule has 1 aromatic heterocycles. The maximum atomic E-state index is 12.4. The molecule has 3 rings (SSSR count). The van der Waals surface area contributed by atoms with Gasteiger partial charge < -0.3 is 15.8 Å². The van der Waals surface area contributed by atoms with Crippen molar-refractivity contribution in [1.29, 1.82) is 0 Å². The van der Waals surface area contributed by atoms with Gasteiger partial charge in [-0.15, -0.1) is 11.3 Å². The first-order valence-electron chi connectivity index (χ1n) is 7.54. The molecule has 1 atom stereocenters. The first-order chi connectivity index (χ1) is 11.7. The number of amides is 2. The van der Waals surface area contributed by atoms with E-state index in [1.54, 1.807) is 6.20 Å². The molecule has 1 fully saturated rings. The van der Waals surface area contributed by atoms with E-state index in [2.05, 4.69) is 10.3 Å². The summed E-state index contributed by atoms with van der Waals surface area (Å²) in [6.07, 6.45) is 1.18. The summed E-state index contributed by atoms with van der Waals surface area (Å²) in [6, 6.07) is 7.07. The minimum absolute atomic E-state index is 0.0577. The van der Waals surface area contributed by atoms with Crippen LogP contribution in [-0.2, 0) is 29.2 Å². The van der Waals surface area contributed by atoms with Crippen molar-refractivity contribution in [2.75, 3.05) is 6.61 Å². The molecule has 0 spiro atoms. The molecule has 1 saturated heterocycles. The normalized spacial score (nSPS) is 17.0. The third-order valence-corrected chi connectivity index (χ3v) is 4.56. The minimum Gasteiger partial charge on any atom is -0.447 e. The number of carbonyl (C=O) groups is 2. The second-order valence-electron chi connectivity index (χ2n) is 5.38. The molecule has 0 unspecified atom stereocenters. The molecular formula is C16H18N4O3S. The van der Waals surface area contributed by atoms with Gasteiger partial charge in [-0.1, -0.05) is 24.3 Å². The molecule has 1 aliphatic heterocycles. The third kappa shape index (κ3) is 3.72. The van der Waals surface area contributed by atoms with Crippen molar-refractivity contribution in [2.24, 2.45) is 5.73 Å². The van der Waals surface area contributed by atoms with Gasteiger partial charge in [0.2, 0.25) is 5.91 Å². The van der Waals surface area contributed by atoms with Gasteiger partial charge in [-0.2, -0.15) is 0 Å². The summed E-state index contributed by atoms with van der Waals surface area (Å²) in [5, 5.41) is 5.45. The van der Waals surface area contributed by atoms with Crippen LogP contribution in [0.2, 0.25) is 0 Å². The first-order valence-corrected chi connectivity index (χ1v) is 8.42. The van der Waals surface area contributed by atoms with Gasteiger partial charge in [0, 0.05) is 24.7 Å². The SMILES string of the molecule is NCc1ccc(CNC(=O)[C@@H]2COC(=O)N2Cc2nccs2)cc1. The molecule has 8 heteroatoms. The Labute approximate surface area is 143 Å². The number of carbonyl (C=O) groups excluding carboxylic acids is 2. The number of nitrogens with one attached hydrogen (secondary N) is 1. The first kappa shape index (κ1) is 16.4. The maximum Gasteiger partial charge on any atom is 0.411 e. The van der Waals surface area contributed by atoms with E-state index in [-0.39, 0.29) is 19.1 Å². The minimum atomic E-state index is -0.635. The predicted octanol–water partition coefficient (Wildman–Crippen LogP) is 1.24. The number of ether oxygens (including phenoxy) is 1. The molecule has 0 bridgehead atoms. The fourth-order valence-electron chi connectivity index (χ4n) is 2.42. The van der Waals surface area contributed by atoms with E-state index in [1.165, 1.54) is 16.2 Å². The zero-order valence-corrected chi connectivity index (χ0v) is 13.8. The highest BCUT2D eigenvalue weighted by atomic mass is 32.1. The summed E-state index contributed by atoms with van der Waals surface area (Å²) in [7, 11) is 0. The summed E-state index contributed by atoms with van der Waals surface area (Å²) < 4.78 is 5.02. The molecule has 0 saturated carbocycles. The molecule has 24 heavy (non-hydrogen) atoms. The molecule has 0 radical (unpaired) electrons. The number of rotatable bonds is 6. The van der Waals surface area contributed by atoms with Gasteiger partial charge in [-0.05, 0) is 11.1 Å². The zero-order valence-electron chi connectivity index (χ0n) is 13.0. The molecule has 2 amide bonds. The van der Waals surface area contributed by atoms with Crippen molar-refractivity contribution >= 4 is 23.3 Å². The highest BCUT2D eigenvalue weighted by Gasteiger charge is 2.38. The lowest BCUT2D eigenvalue weighted by Gasteiger charge is -2.19. The summed E-state index contributed by atoms with van der Waals surface area (Å²) in [4.78, 5) is 29.8. The highest BCUT2D eigenvalue weighted by molar-refractivity contribution is 7.09. The van der Waals surface area contributed by atoms with Gasteiger partial charge in [-0.25, -0.2) is 9.78 Å². The monoisotopic (exact) mass is 346 g/mol. The van der Waals surface area contributed by atoms with E-state index in [9.17, 15) is 9.59 Å². The fraction of sp³-hybridized carbons (Fsp3) is 0.312. The van der Waals surface area contributed by atoms with E-state index in [0.717, 1.165) is 16.1 Å². The number of thiazole rings is 1. The third-order valence-electron chi connectivity index (χ3n) is 3.79. The van der Waals surface area contributed by atoms with Gasteiger partial charge in [0.15, 0.2) is 0 Å². The van der Waals surface area contributed by atoms with E-state index in [4.69, 9.17) is 10.5 Å². The van der Waals surface area contributed by atoms with Crippen LogP contribution in [0, 0.1) is 0 Å². The summed E-state index contributed by atoms with van der Waals surface area (Å²) in [6.45, 7) is 1.21. The van der Waals surface area contributed by atoms with Crippen molar-refractivity contribution in [3.63, 3.8) is 0 Å². The van der Waals surface area contributed by atoms with E-state index >= 15 is 0 Å². The van der Waals surface area contributed by atoms with Gasteiger partial charge in [0.25, 0.3) is 0 Å². The van der Waals surface area contributed by atoms with Crippen LogP contribution in [0.15, 0.2) is 35.8 Å². The number of aromatic nitrogens is 1. The largest absolute Gasteiger partial charge is 0.447 e. The molecule has 2 heterocycles. The Bertz CT molecular complexity index is 703. The number of hydrogen-bond acceptors (Lipinski definition) is 6. The van der Waals surface area contributed by atoms with Gasteiger partial charge in [-0.3, -0.25) is 9.69 Å². The molecule has 3 N–H and O–H groups in total. The number of hydrogen-bond donors (Lipinski definition) is 2. The zero-order chi connectivity index (χ0) is 16.9. The van der Waals surface area contributed by atoms with Crippen LogP contribution in [0.3, 0.4) is 0 Å². The average Bonchev–Trinajstić information content (AvgIpc) is 3.24. The Morgan fingerprint density at radius 3 is 2.79 bits per heavy atom. The Balaban J connectivity index is 1.59. The predicted molar refractivity (Wildman–Crippen MR) is 89.0 cm³/mol. The van der Waals surface area contributed by atoms with Crippen molar-refractivity contribution in [3.8, 4) is 0 Å². The second kappa shape index (κ2) is 7.41. The number of nitrogens with zero attached hydrogens (tertiary/aromatic N) is 2. The van der Waals surface area contributed by atoms with Crippen molar-refractivity contribution in [2.45, 2.75) is 25.7 Å². The van der Waals surface area contributed by atoms with Crippen LogP contribution in [0.25, 0.3) is 0 Å². The van der Waals surface area contributed by atoms with Crippen LogP contribution in [0.5, 0.6) is 0 Å². The molecular weight excluding hydrogens is 328 g/mol. The lowest BCUT2D eigenvalue weighted by molar-refractivity contribution is -0.125. The lowest BCUT2D eigenvalue weighted by Crippen LogP contribution is -2.45. The maximum absolute atomic E-state index is 12.4. The number of nitrogens with two attached hydrogens (primary N) is 1. The van der Waals surface area contributed by atoms with Crippen LogP contribution in [0.4, 0.5) is 4.79 Å². The van der Waals surface area contributed by atoms with Crippen LogP contribution in [0.1, 0.15) is 16.1 Å². The quantitative estimate of drug-likeness (QED) is 0.820. The Morgan fingerprint density at radius 1 is 1.38 bits per heavy atom. The molecule has 1 aliphatic rings. The number of benzene rings is 1. The topological polar surface area (TPSA) is 97.5 Å².